The first-order valence-electron chi connectivity index (χ1n) is 7.32. The molecule has 0 heterocycles. The normalized spacial score (nSPS) is 11.9. The van der Waals surface area contributed by atoms with Gasteiger partial charge >= 0.3 is 5.97 Å². The van der Waals surface area contributed by atoms with Crippen LogP contribution in [-0.4, -0.2) is 30.9 Å². The van der Waals surface area contributed by atoms with Crippen molar-refractivity contribution in [3.05, 3.63) is 35.9 Å². The van der Waals surface area contributed by atoms with Crippen LogP contribution in [0.4, 0.5) is 0 Å². The first-order chi connectivity index (χ1) is 10.1. The van der Waals surface area contributed by atoms with Gasteiger partial charge in [0.25, 0.3) is 0 Å². The Balaban J connectivity index is 2.22. The molecule has 0 aliphatic carbocycles. The average Bonchev–Trinajstić information content (AvgIpc) is 2.50. The zero-order valence-electron chi connectivity index (χ0n) is 12.5. The number of nitrogens with two attached hydrogens (primary N) is 1. The van der Waals surface area contributed by atoms with Crippen molar-refractivity contribution in [3.63, 3.8) is 0 Å². The maximum atomic E-state index is 11.7. The lowest BCUT2D eigenvalue weighted by Crippen LogP contribution is -2.39. The quantitative estimate of drug-likeness (QED) is 0.503. The topological polar surface area (TPSA) is 81.4 Å². The molecule has 1 aromatic carbocycles. The molecule has 3 N–H and O–H groups in total. The van der Waals surface area contributed by atoms with Crippen LogP contribution in [0, 0.1) is 0 Å². The van der Waals surface area contributed by atoms with Crippen LogP contribution in [0.3, 0.4) is 0 Å². The first-order valence-corrected chi connectivity index (χ1v) is 7.32. The van der Waals surface area contributed by atoms with E-state index in [1.807, 2.05) is 30.3 Å². The van der Waals surface area contributed by atoms with Crippen LogP contribution in [-0.2, 0) is 20.9 Å². The Bertz CT molecular complexity index is 434. The second-order valence-electron chi connectivity index (χ2n) is 4.95. The number of rotatable bonds is 10. The van der Waals surface area contributed by atoms with Gasteiger partial charge in [0.1, 0.15) is 6.61 Å². The van der Waals surface area contributed by atoms with Crippen LogP contribution >= 0.6 is 0 Å². The summed E-state index contributed by atoms with van der Waals surface area (Å²) in [5.41, 5.74) is 6.62. The number of hydrogen-bond donors (Lipinski definition) is 2. The van der Waals surface area contributed by atoms with Gasteiger partial charge in [-0.2, -0.15) is 0 Å². The van der Waals surface area contributed by atoms with Crippen molar-refractivity contribution in [2.24, 2.45) is 5.73 Å². The zero-order valence-corrected chi connectivity index (χ0v) is 12.5. The summed E-state index contributed by atoms with van der Waals surface area (Å²) in [5, 5.41) is 3.02. The molecule has 1 unspecified atom stereocenters. The first kappa shape index (κ1) is 17.3. The molecule has 1 atom stereocenters. The van der Waals surface area contributed by atoms with Gasteiger partial charge < -0.3 is 15.8 Å². The van der Waals surface area contributed by atoms with E-state index in [-0.39, 0.29) is 25.4 Å². The third-order valence-corrected chi connectivity index (χ3v) is 3.05. The van der Waals surface area contributed by atoms with E-state index in [4.69, 9.17) is 10.5 Å². The van der Waals surface area contributed by atoms with Crippen molar-refractivity contribution in [2.75, 3.05) is 13.1 Å². The van der Waals surface area contributed by atoms with Crippen LogP contribution in [0.2, 0.25) is 0 Å². The summed E-state index contributed by atoms with van der Waals surface area (Å²) in [6.45, 7) is 3.27. The molecule has 0 aliphatic heterocycles. The second-order valence-corrected chi connectivity index (χ2v) is 4.95. The van der Waals surface area contributed by atoms with E-state index in [1.54, 1.807) is 0 Å². The van der Waals surface area contributed by atoms with Crippen molar-refractivity contribution in [1.82, 2.24) is 5.32 Å². The van der Waals surface area contributed by atoms with Crippen LogP contribution in [0.1, 0.15) is 31.7 Å². The fraction of sp³-hybridized carbons (Fsp3) is 0.500. The Morgan fingerprint density at radius 2 is 2.00 bits per heavy atom. The van der Waals surface area contributed by atoms with E-state index in [2.05, 4.69) is 12.2 Å². The van der Waals surface area contributed by atoms with Crippen molar-refractivity contribution >= 4 is 11.8 Å². The SMILES string of the molecule is CCCCNCC(=O)C(N)CC(=O)OCc1ccccc1. The van der Waals surface area contributed by atoms with Gasteiger partial charge in [-0.15, -0.1) is 0 Å². The number of Topliss-reactive ketones (excluding diaryl/α,β-unsaturated/α-hetero) is 1. The minimum Gasteiger partial charge on any atom is -0.461 e. The van der Waals surface area contributed by atoms with E-state index in [9.17, 15) is 9.59 Å². The van der Waals surface area contributed by atoms with E-state index < -0.39 is 12.0 Å². The summed E-state index contributed by atoms with van der Waals surface area (Å²) in [4.78, 5) is 23.4. The molecule has 0 saturated carbocycles. The van der Waals surface area contributed by atoms with Crippen molar-refractivity contribution in [1.29, 1.82) is 0 Å². The van der Waals surface area contributed by atoms with E-state index >= 15 is 0 Å². The third-order valence-electron chi connectivity index (χ3n) is 3.05. The minimum atomic E-state index is -0.803. The van der Waals surface area contributed by atoms with Gasteiger partial charge in [-0.1, -0.05) is 43.7 Å². The second kappa shape index (κ2) is 10.1. The zero-order chi connectivity index (χ0) is 15.5. The number of carbonyl (C=O) groups excluding carboxylic acids is 2. The van der Waals surface area contributed by atoms with E-state index in [0.29, 0.717) is 0 Å². The molecule has 0 aliphatic rings. The number of ether oxygens (including phenoxy) is 1. The highest BCUT2D eigenvalue weighted by atomic mass is 16.5. The minimum absolute atomic E-state index is 0.0822. The standard InChI is InChI=1S/C16H24N2O3/c1-2-3-9-18-11-15(19)14(17)10-16(20)21-12-13-7-5-4-6-8-13/h4-8,14,18H,2-3,9-12,17H2,1H3. The van der Waals surface area contributed by atoms with E-state index in [0.717, 1.165) is 24.9 Å². The molecule has 1 rings (SSSR count). The Kier molecular flexibility index (Phi) is 8.31. The molecular formula is C16H24N2O3. The smallest absolute Gasteiger partial charge is 0.308 e. The Labute approximate surface area is 125 Å². The lowest BCUT2D eigenvalue weighted by Gasteiger charge is -2.11. The van der Waals surface area contributed by atoms with Gasteiger partial charge in [-0.25, -0.2) is 0 Å². The highest BCUT2D eigenvalue weighted by molar-refractivity contribution is 5.89. The maximum Gasteiger partial charge on any atom is 0.308 e. The van der Waals surface area contributed by atoms with Crippen LogP contribution in [0.25, 0.3) is 0 Å². The van der Waals surface area contributed by atoms with Gasteiger partial charge in [0.2, 0.25) is 0 Å². The Morgan fingerprint density at radius 1 is 1.29 bits per heavy atom. The van der Waals surface area contributed by atoms with Crippen LogP contribution in [0.5, 0.6) is 0 Å². The summed E-state index contributed by atoms with van der Waals surface area (Å²) in [7, 11) is 0. The number of unbranched alkanes of at least 4 members (excludes halogenated alkanes) is 1. The summed E-state index contributed by atoms with van der Waals surface area (Å²) in [6.07, 6.45) is 2.00. The monoisotopic (exact) mass is 292 g/mol. The van der Waals surface area contributed by atoms with Gasteiger partial charge in [-0.05, 0) is 18.5 Å². The lowest BCUT2D eigenvalue weighted by atomic mass is 10.1. The molecule has 0 fully saturated rings. The van der Waals surface area contributed by atoms with E-state index in [1.165, 1.54) is 0 Å². The third kappa shape index (κ3) is 7.58. The van der Waals surface area contributed by atoms with Crippen LogP contribution < -0.4 is 11.1 Å². The number of ketones is 1. The predicted molar refractivity (Wildman–Crippen MR) is 81.6 cm³/mol. The lowest BCUT2D eigenvalue weighted by molar-refractivity contribution is -0.146. The molecule has 5 heteroatoms. The van der Waals surface area contributed by atoms with Crippen molar-refractivity contribution in [3.8, 4) is 0 Å². The van der Waals surface area contributed by atoms with Crippen molar-refractivity contribution in [2.45, 2.75) is 38.8 Å². The molecule has 0 amide bonds. The predicted octanol–water partition coefficient (Wildman–Crippen LogP) is 1.41. The van der Waals surface area contributed by atoms with Gasteiger partial charge in [0.15, 0.2) is 5.78 Å². The molecule has 0 aromatic heterocycles. The summed E-state index contributed by atoms with van der Waals surface area (Å²) < 4.78 is 5.10. The highest BCUT2D eigenvalue weighted by Crippen LogP contribution is 2.02. The molecule has 0 radical (unpaired) electrons. The molecule has 116 valence electrons. The Hall–Kier alpha value is -1.72. The fourth-order valence-electron chi connectivity index (χ4n) is 1.73. The van der Waals surface area contributed by atoms with Crippen LogP contribution in [0.15, 0.2) is 30.3 Å². The molecule has 0 spiro atoms. The molecule has 21 heavy (non-hydrogen) atoms. The van der Waals surface area contributed by atoms with Gasteiger partial charge in [-0.3, -0.25) is 9.59 Å². The van der Waals surface area contributed by atoms with Gasteiger partial charge in [0.05, 0.1) is 19.0 Å². The average molecular weight is 292 g/mol. The number of hydrogen-bond acceptors (Lipinski definition) is 5. The fourth-order valence-corrected chi connectivity index (χ4v) is 1.73. The summed E-state index contributed by atoms with van der Waals surface area (Å²) >= 11 is 0. The molecule has 1 aromatic rings. The number of carbonyl (C=O) groups is 2. The molecule has 5 nitrogen and oxygen atoms in total. The summed E-state index contributed by atoms with van der Waals surface area (Å²) in [5.74, 6) is -0.615. The van der Waals surface area contributed by atoms with Crippen molar-refractivity contribution < 1.29 is 14.3 Å². The highest BCUT2D eigenvalue weighted by Gasteiger charge is 2.17. The number of nitrogens with one attached hydrogen (secondary N) is 1. The molecule has 0 bridgehead atoms. The summed E-state index contributed by atoms with van der Waals surface area (Å²) in [6, 6.07) is 8.58. The number of esters is 1. The number of benzene rings is 1. The molecule has 0 saturated heterocycles. The maximum absolute atomic E-state index is 11.7. The van der Waals surface area contributed by atoms with Gasteiger partial charge in [0, 0.05) is 0 Å². The largest absolute Gasteiger partial charge is 0.461 e. The molecular weight excluding hydrogens is 268 g/mol. The Morgan fingerprint density at radius 3 is 2.67 bits per heavy atom.